The van der Waals surface area contributed by atoms with Gasteiger partial charge < -0.3 is 18.9 Å². The highest BCUT2D eigenvalue weighted by Gasteiger charge is 2.42. The molecule has 0 saturated carbocycles. The van der Waals surface area contributed by atoms with Crippen LogP contribution in [0, 0.1) is 11.3 Å². The van der Waals surface area contributed by atoms with Gasteiger partial charge in [0.2, 0.25) is 0 Å². The predicted octanol–water partition coefficient (Wildman–Crippen LogP) is 7.25. The van der Waals surface area contributed by atoms with Crippen molar-refractivity contribution in [3.8, 4) is 0 Å². The lowest BCUT2D eigenvalue weighted by Gasteiger charge is -2.37. The summed E-state index contributed by atoms with van der Waals surface area (Å²) in [7, 11) is 0. The summed E-state index contributed by atoms with van der Waals surface area (Å²) in [5.41, 5.74) is -0.159. The molecule has 2 rings (SSSR count). The van der Waals surface area contributed by atoms with Crippen LogP contribution < -0.4 is 0 Å². The molecule has 0 amide bonds. The fraction of sp³-hybridized carbons (Fsp3) is 0.913. The van der Waals surface area contributed by atoms with Crippen LogP contribution in [0.25, 0.3) is 0 Å². The van der Waals surface area contributed by atoms with Crippen molar-refractivity contribution >= 4 is 43.6 Å². The molecule has 4 nitrogen and oxygen atoms in total. The van der Waals surface area contributed by atoms with Crippen LogP contribution in [0.4, 0.5) is 0 Å². The van der Waals surface area contributed by atoms with E-state index >= 15 is 0 Å². The average molecular weight is 572 g/mol. The first kappa shape index (κ1) is 27.0. The van der Waals surface area contributed by atoms with E-state index in [1.165, 1.54) is 38.5 Å². The molecule has 4 unspecified atom stereocenters. The molecule has 0 bridgehead atoms. The van der Waals surface area contributed by atoms with Crippen molar-refractivity contribution in [1.82, 2.24) is 0 Å². The number of halogens is 2. The van der Waals surface area contributed by atoms with Crippen molar-refractivity contribution in [3.05, 3.63) is 9.57 Å². The summed E-state index contributed by atoms with van der Waals surface area (Å²) in [5.74, 6) is 1.56. The number of hydrogen-bond donors (Lipinski definition) is 0. The molecule has 2 heterocycles. The summed E-state index contributed by atoms with van der Waals surface area (Å²) < 4.78 is 26.2. The Labute approximate surface area is 204 Å². The van der Waals surface area contributed by atoms with E-state index in [2.05, 4.69) is 52.6 Å². The van der Waals surface area contributed by atoms with Gasteiger partial charge in [0.1, 0.15) is 11.9 Å². The van der Waals surface area contributed by atoms with Gasteiger partial charge in [-0.15, -0.1) is 0 Å². The minimum absolute atomic E-state index is 0.0721. The molecule has 0 aliphatic carbocycles. The van der Waals surface area contributed by atoms with Crippen LogP contribution in [-0.4, -0.2) is 49.9 Å². The van der Waals surface area contributed by atoms with Gasteiger partial charge >= 0.3 is 0 Å². The topological polar surface area (TPSA) is 36.9 Å². The third-order valence-electron chi connectivity index (χ3n) is 5.97. The number of fused-ring (bicyclic) bond motifs is 1. The molecule has 7 heteroatoms. The number of alkyl halides is 1. The van der Waals surface area contributed by atoms with Gasteiger partial charge in [-0.2, -0.15) is 0 Å². The minimum atomic E-state index is -0.159. The van der Waals surface area contributed by atoms with E-state index in [0.29, 0.717) is 32.3 Å². The molecular formula is C23H40Br2O4S. The normalized spacial score (nSPS) is 28.0. The lowest BCUT2D eigenvalue weighted by molar-refractivity contribution is -0.113. The van der Waals surface area contributed by atoms with Gasteiger partial charge in [-0.3, -0.25) is 0 Å². The van der Waals surface area contributed by atoms with Crippen LogP contribution in [0.1, 0.15) is 72.1 Å². The van der Waals surface area contributed by atoms with E-state index in [1.807, 2.05) is 0 Å². The van der Waals surface area contributed by atoms with Crippen LogP contribution in [0.5, 0.6) is 0 Å². The zero-order valence-corrected chi connectivity index (χ0v) is 22.9. The Morgan fingerprint density at radius 2 is 1.90 bits per heavy atom. The van der Waals surface area contributed by atoms with Crippen molar-refractivity contribution < 1.29 is 18.9 Å². The summed E-state index contributed by atoms with van der Waals surface area (Å²) in [6.45, 7) is 11.0. The molecular weight excluding hydrogens is 532 g/mol. The van der Waals surface area contributed by atoms with Crippen molar-refractivity contribution in [2.24, 2.45) is 11.3 Å². The van der Waals surface area contributed by atoms with Crippen molar-refractivity contribution in [1.29, 1.82) is 0 Å². The highest BCUT2D eigenvalue weighted by Crippen LogP contribution is 2.47. The first-order valence-electron chi connectivity index (χ1n) is 11.7. The Morgan fingerprint density at radius 3 is 2.63 bits per heavy atom. The maximum absolute atomic E-state index is 6.39. The predicted molar refractivity (Wildman–Crippen MR) is 133 cm³/mol. The summed E-state index contributed by atoms with van der Waals surface area (Å²) in [6.07, 6.45) is 9.29. The molecule has 0 aromatic heterocycles. The van der Waals surface area contributed by atoms with Gasteiger partial charge in [-0.1, -0.05) is 80.6 Å². The second-order valence-corrected chi connectivity index (χ2v) is 12.7. The Balaban J connectivity index is 1.96. The van der Waals surface area contributed by atoms with E-state index in [9.17, 15) is 0 Å². The maximum Gasteiger partial charge on any atom is 0.147 e. The highest BCUT2D eigenvalue weighted by molar-refractivity contribution is 9.15. The maximum atomic E-state index is 6.39. The van der Waals surface area contributed by atoms with Gasteiger partial charge in [0.25, 0.3) is 0 Å². The van der Waals surface area contributed by atoms with Crippen LogP contribution in [0.3, 0.4) is 0 Å². The number of ether oxygens (including phenoxy) is 4. The van der Waals surface area contributed by atoms with Crippen LogP contribution in [0.15, 0.2) is 9.57 Å². The fourth-order valence-corrected chi connectivity index (χ4v) is 7.27. The molecule has 0 radical (unpaired) electrons. The SMILES string of the molecule is CCCCCOCC1(COCC(CC)CCCC)CCOC2=C(Br)SC(Br)C2OC1. The Morgan fingerprint density at radius 1 is 1.13 bits per heavy atom. The third kappa shape index (κ3) is 8.58. The molecule has 4 atom stereocenters. The molecule has 0 spiro atoms. The largest absolute Gasteiger partial charge is 0.493 e. The zero-order chi connectivity index (χ0) is 21.8. The van der Waals surface area contributed by atoms with E-state index in [4.69, 9.17) is 18.9 Å². The van der Waals surface area contributed by atoms with Crippen molar-refractivity contribution in [2.75, 3.05) is 39.6 Å². The molecule has 0 N–H and O–H groups in total. The quantitative estimate of drug-likeness (QED) is 0.162. The van der Waals surface area contributed by atoms with Crippen LogP contribution in [-0.2, 0) is 18.9 Å². The van der Waals surface area contributed by atoms with Gasteiger partial charge in [0.05, 0.1) is 34.4 Å². The van der Waals surface area contributed by atoms with Crippen molar-refractivity contribution in [3.63, 3.8) is 0 Å². The van der Waals surface area contributed by atoms with Crippen molar-refractivity contribution in [2.45, 2.75) is 82.4 Å². The van der Waals surface area contributed by atoms with Gasteiger partial charge in [0.15, 0.2) is 0 Å². The molecule has 1 saturated heterocycles. The zero-order valence-electron chi connectivity index (χ0n) is 18.9. The first-order chi connectivity index (χ1) is 14.5. The molecule has 1 fully saturated rings. The second-order valence-electron chi connectivity index (χ2n) is 8.63. The Hall–Kier alpha value is 0.730. The van der Waals surface area contributed by atoms with E-state index in [1.54, 1.807) is 11.8 Å². The summed E-state index contributed by atoms with van der Waals surface area (Å²) in [5, 5.41) is 0. The average Bonchev–Trinajstić information content (AvgIpc) is 2.98. The third-order valence-corrected chi connectivity index (χ3v) is 8.84. The van der Waals surface area contributed by atoms with Gasteiger partial charge in [-0.05, 0) is 41.1 Å². The summed E-state index contributed by atoms with van der Waals surface area (Å²) >= 11 is 9.05. The fourth-order valence-electron chi connectivity index (χ4n) is 3.81. The smallest absolute Gasteiger partial charge is 0.147 e. The van der Waals surface area contributed by atoms with E-state index < -0.39 is 0 Å². The standard InChI is InChI=1S/C23H40Br2O4S/c1-4-7-9-12-26-15-23(16-27-14-18(6-3)10-8-5-2)11-13-28-19-20(29-17-23)22(25)30-21(19)24/h18,20,22H,4-17H2,1-3H3. The Kier molecular flexibility index (Phi) is 13.3. The molecule has 2 aliphatic heterocycles. The number of thioether (sulfide) groups is 1. The highest BCUT2D eigenvalue weighted by atomic mass is 79.9. The number of hydrogen-bond acceptors (Lipinski definition) is 5. The minimum Gasteiger partial charge on any atom is -0.493 e. The molecule has 176 valence electrons. The summed E-state index contributed by atoms with van der Waals surface area (Å²) in [4.78, 5) is 0. The lowest BCUT2D eigenvalue weighted by Crippen LogP contribution is -2.43. The van der Waals surface area contributed by atoms with E-state index in [0.717, 1.165) is 35.6 Å². The molecule has 0 aromatic carbocycles. The first-order valence-corrected chi connectivity index (χ1v) is 14.2. The van der Waals surface area contributed by atoms with Gasteiger partial charge in [0, 0.05) is 18.6 Å². The molecule has 30 heavy (non-hydrogen) atoms. The van der Waals surface area contributed by atoms with Crippen LogP contribution >= 0.6 is 43.6 Å². The van der Waals surface area contributed by atoms with Gasteiger partial charge in [-0.25, -0.2) is 0 Å². The Bertz CT molecular complexity index is 519. The molecule has 2 aliphatic rings. The monoisotopic (exact) mass is 570 g/mol. The second kappa shape index (κ2) is 14.8. The van der Waals surface area contributed by atoms with Crippen LogP contribution in [0.2, 0.25) is 0 Å². The number of rotatable bonds is 14. The molecule has 0 aromatic rings. The lowest BCUT2D eigenvalue weighted by atomic mass is 9.86. The number of unbranched alkanes of at least 4 members (excludes halogenated alkanes) is 3. The van der Waals surface area contributed by atoms with E-state index in [-0.39, 0.29) is 15.7 Å². The summed E-state index contributed by atoms with van der Waals surface area (Å²) in [6, 6.07) is 0.